The van der Waals surface area contributed by atoms with Gasteiger partial charge in [0.25, 0.3) is 5.91 Å². The molecule has 3 aromatic carbocycles. The Labute approximate surface area is 204 Å². The van der Waals surface area contributed by atoms with Gasteiger partial charge in [0.15, 0.2) is 0 Å². The van der Waals surface area contributed by atoms with Crippen molar-refractivity contribution >= 4 is 11.9 Å². The highest BCUT2D eigenvalue weighted by Gasteiger charge is 2.22. The van der Waals surface area contributed by atoms with Crippen molar-refractivity contribution in [3.63, 3.8) is 0 Å². The maximum absolute atomic E-state index is 14.0. The molecule has 1 amide bonds. The fourth-order valence-corrected chi connectivity index (χ4v) is 4.65. The monoisotopic (exact) mass is 472 g/mol. The molecule has 1 fully saturated rings. The molecule has 1 atom stereocenters. The average Bonchev–Trinajstić information content (AvgIpc) is 3.29. The average molecular weight is 473 g/mol. The molecule has 0 aromatic heterocycles. The first-order valence-corrected chi connectivity index (χ1v) is 11.9. The number of piperazine rings is 1. The molecule has 1 unspecified atom stereocenters. The summed E-state index contributed by atoms with van der Waals surface area (Å²) in [6.07, 6.45) is 0. The van der Waals surface area contributed by atoms with Gasteiger partial charge in [0.1, 0.15) is 5.75 Å². The molecule has 2 N–H and O–H groups in total. The number of carbonyl (C=O) groups excluding carboxylic acids is 1. The van der Waals surface area contributed by atoms with Gasteiger partial charge in [-0.05, 0) is 52.6 Å². The van der Waals surface area contributed by atoms with E-state index < -0.39 is 5.97 Å². The molecule has 1 saturated heterocycles. The van der Waals surface area contributed by atoms with Crippen LogP contribution in [0.2, 0.25) is 0 Å². The molecule has 5 rings (SSSR count). The molecular formula is C28H29FN4O2. The number of nitrogens with one attached hydrogen (secondary N) is 2. The minimum atomic E-state index is -0.426. The van der Waals surface area contributed by atoms with E-state index in [1.165, 1.54) is 0 Å². The second-order valence-electron chi connectivity index (χ2n) is 8.91. The van der Waals surface area contributed by atoms with Crippen molar-refractivity contribution in [2.24, 2.45) is 4.99 Å². The zero-order chi connectivity index (χ0) is 24.2. The molecule has 0 saturated carbocycles. The fraction of sp³-hybridized carbons (Fsp3) is 0.286. The fourth-order valence-electron chi connectivity index (χ4n) is 4.65. The Morgan fingerprint density at radius 2 is 1.89 bits per heavy atom. The number of hydrogen-bond donors (Lipinski definition) is 2. The largest absolute Gasteiger partial charge is 0.497 e. The van der Waals surface area contributed by atoms with Gasteiger partial charge < -0.3 is 15.4 Å². The van der Waals surface area contributed by atoms with E-state index in [1.807, 2.05) is 66.7 Å². The number of ether oxygens (including phenoxy) is 1. The number of hydrogen-bond acceptors (Lipinski definition) is 5. The summed E-state index contributed by atoms with van der Waals surface area (Å²) in [6, 6.07) is 20.8. The van der Waals surface area contributed by atoms with Gasteiger partial charge in [-0.15, -0.1) is 0 Å². The van der Waals surface area contributed by atoms with Gasteiger partial charge in [-0.25, -0.2) is 0 Å². The van der Waals surface area contributed by atoms with E-state index in [1.54, 1.807) is 7.11 Å². The summed E-state index contributed by atoms with van der Waals surface area (Å²) in [5.41, 5.74) is 4.70. The minimum absolute atomic E-state index is 0.149. The Hall–Kier alpha value is -3.55. The molecule has 2 heterocycles. The summed E-state index contributed by atoms with van der Waals surface area (Å²) in [7, 11) is 1.64. The molecule has 0 spiro atoms. The van der Waals surface area contributed by atoms with Crippen molar-refractivity contribution in [3.05, 3.63) is 89.0 Å². The predicted octanol–water partition coefficient (Wildman–Crippen LogP) is 3.97. The normalized spacial score (nSPS) is 16.3. The van der Waals surface area contributed by atoms with E-state index >= 15 is 0 Å². The second-order valence-corrected chi connectivity index (χ2v) is 8.91. The number of nitrogens with zero attached hydrogens (tertiary/aromatic N) is 2. The molecule has 2 aliphatic rings. The van der Waals surface area contributed by atoms with E-state index in [2.05, 4.69) is 20.5 Å². The highest BCUT2D eigenvalue weighted by Crippen LogP contribution is 2.28. The molecular weight excluding hydrogens is 443 g/mol. The Morgan fingerprint density at radius 1 is 1.09 bits per heavy atom. The number of fused-ring (bicyclic) bond motifs is 1. The minimum Gasteiger partial charge on any atom is -0.497 e. The van der Waals surface area contributed by atoms with Crippen molar-refractivity contribution in [2.75, 3.05) is 39.8 Å². The molecule has 180 valence electrons. The number of benzene rings is 3. The summed E-state index contributed by atoms with van der Waals surface area (Å²) < 4.78 is 19.5. The SMILES string of the molecule is COc1cccc(C(CN2CCNCC2)NC(=O)c2cccc(-c3ccc4c(c3)C(F)=NC4)c2)c1. The van der Waals surface area contributed by atoms with Crippen molar-refractivity contribution in [2.45, 2.75) is 12.6 Å². The van der Waals surface area contributed by atoms with Gasteiger partial charge in [0.05, 0.1) is 19.7 Å². The van der Waals surface area contributed by atoms with Crippen LogP contribution in [0.15, 0.2) is 71.7 Å². The number of amides is 1. The summed E-state index contributed by atoms with van der Waals surface area (Å²) in [5.74, 6) is 0.185. The highest BCUT2D eigenvalue weighted by molar-refractivity contribution is 5.99. The third-order valence-electron chi connectivity index (χ3n) is 6.63. The van der Waals surface area contributed by atoms with E-state index in [0.29, 0.717) is 24.2 Å². The zero-order valence-electron chi connectivity index (χ0n) is 19.8. The van der Waals surface area contributed by atoms with Crippen LogP contribution in [0.1, 0.15) is 33.1 Å². The van der Waals surface area contributed by atoms with E-state index in [9.17, 15) is 9.18 Å². The van der Waals surface area contributed by atoms with Crippen LogP contribution in [-0.4, -0.2) is 56.6 Å². The first-order chi connectivity index (χ1) is 17.1. The second kappa shape index (κ2) is 10.4. The van der Waals surface area contributed by atoms with Gasteiger partial charge in [0, 0.05) is 43.9 Å². The van der Waals surface area contributed by atoms with Gasteiger partial charge in [-0.1, -0.05) is 36.4 Å². The number of rotatable bonds is 7. The number of halogens is 1. The summed E-state index contributed by atoms with van der Waals surface area (Å²) in [6.45, 7) is 4.83. The van der Waals surface area contributed by atoms with E-state index in [-0.39, 0.29) is 11.9 Å². The predicted molar refractivity (Wildman–Crippen MR) is 136 cm³/mol. The van der Waals surface area contributed by atoms with Crippen LogP contribution in [0.5, 0.6) is 5.75 Å². The number of methoxy groups -OCH3 is 1. The van der Waals surface area contributed by atoms with Gasteiger partial charge >= 0.3 is 0 Å². The smallest absolute Gasteiger partial charge is 0.251 e. The molecule has 6 nitrogen and oxygen atoms in total. The molecule has 0 radical (unpaired) electrons. The molecule has 3 aromatic rings. The Bertz CT molecular complexity index is 1250. The standard InChI is InChI=1S/C28H29FN4O2/c1-35-24-7-3-5-21(15-24)26(18-33-12-10-30-11-13-33)32-28(34)22-6-2-4-19(14-22)20-8-9-23-17-31-27(29)25(23)16-20/h2-9,14-16,26,30H,10-13,17-18H2,1H3,(H,32,34). The molecule has 35 heavy (non-hydrogen) atoms. The van der Waals surface area contributed by atoms with Crippen molar-refractivity contribution < 1.29 is 13.9 Å². The molecule has 7 heteroatoms. The van der Waals surface area contributed by atoms with Gasteiger partial charge in [-0.3, -0.25) is 14.7 Å². The van der Waals surface area contributed by atoms with Crippen LogP contribution in [0.4, 0.5) is 4.39 Å². The highest BCUT2D eigenvalue weighted by atomic mass is 19.1. The van der Waals surface area contributed by atoms with E-state index in [0.717, 1.165) is 54.2 Å². The van der Waals surface area contributed by atoms with Gasteiger partial charge in [-0.2, -0.15) is 4.39 Å². The van der Waals surface area contributed by atoms with Crippen molar-refractivity contribution in [3.8, 4) is 16.9 Å². The first-order valence-electron chi connectivity index (χ1n) is 11.9. The zero-order valence-corrected chi connectivity index (χ0v) is 19.8. The van der Waals surface area contributed by atoms with Crippen LogP contribution in [0.25, 0.3) is 11.1 Å². The molecule has 0 aliphatic carbocycles. The Morgan fingerprint density at radius 3 is 2.71 bits per heavy atom. The van der Waals surface area contributed by atoms with E-state index in [4.69, 9.17) is 4.74 Å². The Balaban J connectivity index is 1.38. The number of aliphatic imine (C=N–C) groups is 1. The van der Waals surface area contributed by atoms with Crippen LogP contribution >= 0.6 is 0 Å². The van der Waals surface area contributed by atoms with Crippen LogP contribution in [-0.2, 0) is 6.54 Å². The summed E-state index contributed by atoms with van der Waals surface area (Å²) in [4.78, 5) is 19.6. The van der Waals surface area contributed by atoms with Crippen LogP contribution in [0.3, 0.4) is 0 Å². The summed E-state index contributed by atoms with van der Waals surface area (Å²) >= 11 is 0. The first kappa shape index (κ1) is 23.2. The number of carbonyl (C=O) groups is 1. The maximum Gasteiger partial charge on any atom is 0.251 e. The van der Waals surface area contributed by atoms with Crippen LogP contribution in [0, 0.1) is 0 Å². The van der Waals surface area contributed by atoms with Crippen LogP contribution < -0.4 is 15.4 Å². The molecule has 2 aliphatic heterocycles. The third kappa shape index (κ3) is 5.26. The third-order valence-corrected chi connectivity index (χ3v) is 6.63. The van der Waals surface area contributed by atoms with Gasteiger partial charge in [0.2, 0.25) is 5.97 Å². The lowest BCUT2D eigenvalue weighted by Crippen LogP contribution is -2.47. The summed E-state index contributed by atoms with van der Waals surface area (Å²) in [5, 5.41) is 6.61. The lowest BCUT2D eigenvalue weighted by Gasteiger charge is -2.31. The van der Waals surface area contributed by atoms with Crippen molar-refractivity contribution in [1.82, 2.24) is 15.5 Å². The topological polar surface area (TPSA) is 66.0 Å². The maximum atomic E-state index is 14.0. The lowest BCUT2D eigenvalue weighted by atomic mass is 9.98. The molecule has 0 bridgehead atoms. The van der Waals surface area contributed by atoms with Crippen molar-refractivity contribution in [1.29, 1.82) is 0 Å². The quantitative estimate of drug-likeness (QED) is 0.546. The lowest BCUT2D eigenvalue weighted by molar-refractivity contribution is 0.0921. The Kier molecular flexibility index (Phi) is 6.88.